The zero-order valence-electron chi connectivity index (χ0n) is 11.2. The minimum Gasteiger partial charge on any atom is -0.373 e. The summed E-state index contributed by atoms with van der Waals surface area (Å²) < 4.78 is 1.99. The molecule has 0 spiro atoms. The summed E-state index contributed by atoms with van der Waals surface area (Å²) in [7, 11) is 1.88. The van der Waals surface area contributed by atoms with Gasteiger partial charge in [0.1, 0.15) is 17.2 Å². The Bertz CT molecular complexity index is 740. The van der Waals surface area contributed by atoms with Gasteiger partial charge in [0.15, 0.2) is 5.82 Å². The second kappa shape index (κ2) is 4.30. The van der Waals surface area contributed by atoms with E-state index in [1.807, 2.05) is 48.1 Å². The van der Waals surface area contributed by atoms with Crippen LogP contribution in [0.25, 0.3) is 17.2 Å². The van der Waals surface area contributed by atoms with Gasteiger partial charge in [-0.15, -0.1) is 0 Å². The van der Waals surface area contributed by atoms with E-state index in [0.29, 0.717) is 11.7 Å². The summed E-state index contributed by atoms with van der Waals surface area (Å²) in [6.07, 6.45) is 6.41. The molecule has 0 radical (unpaired) electrons. The Balaban J connectivity index is 1.85. The molecule has 0 atom stereocenters. The van der Waals surface area contributed by atoms with Gasteiger partial charge in [-0.25, -0.2) is 15.0 Å². The van der Waals surface area contributed by atoms with E-state index in [1.54, 1.807) is 0 Å². The largest absolute Gasteiger partial charge is 0.373 e. The molecule has 1 saturated carbocycles. The highest BCUT2D eigenvalue weighted by molar-refractivity contribution is 5.58. The summed E-state index contributed by atoms with van der Waals surface area (Å²) in [6, 6.07) is 7.98. The fraction of sp³-hybridized carbons (Fsp3) is 0.267. The maximum Gasteiger partial charge on any atom is 0.182 e. The average Bonchev–Trinajstić information content (AvgIpc) is 3.25. The molecule has 1 N–H and O–H groups in total. The van der Waals surface area contributed by atoms with Crippen LogP contribution >= 0.6 is 0 Å². The minimum absolute atomic E-state index is 0.598. The van der Waals surface area contributed by atoms with E-state index in [9.17, 15) is 0 Å². The van der Waals surface area contributed by atoms with Crippen molar-refractivity contribution < 1.29 is 0 Å². The van der Waals surface area contributed by atoms with E-state index in [4.69, 9.17) is 0 Å². The predicted octanol–water partition coefficient (Wildman–Crippen LogP) is 2.71. The van der Waals surface area contributed by atoms with Crippen LogP contribution in [-0.4, -0.2) is 26.4 Å². The molecule has 0 saturated heterocycles. The lowest BCUT2D eigenvalue weighted by molar-refractivity contribution is 0.990. The number of anilines is 1. The first-order valence-corrected chi connectivity index (χ1v) is 6.84. The highest BCUT2D eigenvalue weighted by Crippen LogP contribution is 2.40. The van der Waals surface area contributed by atoms with Gasteiger partial charge in [-0.05, 0) is 25.0 Å². The fourth-order valence-corrected chi connectivity index (χ4v) is 2.34. The van der Waals surface area contributed by atoms with Crippen molar-refractivity contribution in [1.29, 1.82) is 0 Å². The van der Waals surface area contributed by atoms with Crippen LogP contribution in [0.4, 0.5) is 5.82 Å². The van der Waals surface area contributed by atoms with Gasteiger partial charge in [0.25, 0.3) is 0 Å². The number of nitrogens with one attached hydrogen (secondary N) is 1. The molecule has 4 rings (SSSR count). The molecule has 0 aromatic carbocycles. The van der Waals surface area contributed by atoms with Crippen molar-refractivity contribution >= 4 is 11.5 Å². The van der Waals surface area contributed by atoms with Gasteiger partial charge in [0.2, 0.25) is 0 Å². The zero-order chi connectivity index (χ0) is 13.5. The first-order chi connectivity index (χ1) is 9.83. The number of aromatic nitrogens is 4. The molecule has 1 aliphatic rings. The average molecular weight is 265 g/mol. The number of pyridine rings is 1. The van der Waals surface area contributed by atoms with Gasteiger partial charge in [-0.2, -0.15) is 0 Å². The molecule has 0 bridgehead atoms. The zero-order valence-corrected chi connectivity index (χ0v) is 11.2. The third-order valence-corrected chi connectivity index (χ3v) is 3.59. The molecule has 5 heteroatoms. The molecule has 0 amide bonds. The van der Waals surface area contributed by atoms with E-state index < -0.39 is 0 Å². The molecule has 5 nitrogen and oxygen atoms in total. The number of imidazole rings is 1. The quantitative estimate of drug-likeness (QED) is 0.791. The van der Waals surface area contributed by atoms with Crippen LogP contribution in [0.2, 0.25) is 0 Å². The van der Waals surface area contributed by atoms with Gasteiger partial charge in [0, 0.05) is 37.1 Å². The maximum atomic E-state index is 4.68. The highest BCUT2D eigenvalue weighted by atomic mass is 15.1. The summed E-state index contributed by atoms with van der Waals surface area (Å²) in [6.45, 7) is 0. The molecule has 1 fully saturated rings. The SMILES string of the molecule is CNc1cc(C2CC2)nc(-c2cn3ccccc3n2)n1. The van der Waals surface area contributed by atoms with Gasteiger partial charge in [-0.1, -0.05) is 6.07 Å². The van der Waals surface area contributed by atoms with Gasteiger partial charge in [-0.3, -0.25) is 0 Å². The highest BCUT2D eigenvalue weighted by Gasteiger charge is 2.26. The molecule has 3 heterocycles. The Morgan fingerprint density at radius 2 is 2.10 bits per heavy atom. The standard InChI is InChI=1S/C15H15N5/c1-16-13-8-11(10-5-6-10)18-15(19-13)12-9-20-7-3-2-4-14(20)17-12/h2-4,7-10H,5-6H2,1H3,(H,16,18,19). The van der Waals surface area contributed by atoms with E-state index in [1.165, 1.54) is 12.8 Å². The Morgan fingerprint density at radius 3 is 2.85 bits per heavy atom. The summed E-state index contributed by atoms with van der Waals surface area (Å²) in [5.74, 6) is 2.15. The second-order valence-electron chi connectivity index (χ2n) is 5.12. The summed E-state index contributed by atoms with van der Waals surface area (Å²) in [5.41, 5.74) is 2.85. The van der Waals surface area contributed by atoms with Crippen LogP contribution < -0.4 is 5.32 Å². The van der Waals surface area contributed by atoms with E-state index in [-0.39, 0.29) is 0 Å². The molecule has 20 heavy (non-hydrogen) atoms. The van der Waals surface area contributed by atoms with Crippen molar-refractivity contribution in [3.8, 4) is 11.5 Å². The molecule has 100 valence electrons. The maximum absolute atomic E-state index is 4.68. The van der Waals surface area contributed by atoms with Crippen LogP contribution in [0.15, 0.2) is 36.7 Å². The summed E-state index contributed by atoms with van der Waals surface area (Å²) in [5, 5.41) is 3.11. The molecular formula is C15H15N5. The smallest absolute Gasteiger partial charge is 0.182 e. The number of rotatable bonds is 3. The summed E-state index contributed by atoms with van der Waals surface area (Å²) >= 11 is 0. The van der Waals surface area contributed by atoms with E-state index in [0.717, 1.165) is 22.9 Å². The van der Waals surface area contributed by atoms with Crippen molar-refractivity contribution in [3.05, 3.63) is 42.4 Å². The van der Waals surface area contributed by atoms with E-state index >= 15 is 0 Å². The van der Waals surface area contributed by atoms with Gasteiger partial charge in [0.05, 0.1) is 0 Å². The lowest BCUT2D eigenvalue weighted by atomic mass is 10.2. The predicted molar refractivity (Wildman–Crippen MR) is 77.7 cm³/mol. The van der Waals surface area contributed by atoms with E-state index in [2.05, 4.69) is 20.3 Å². The topological polar surface area (TPSA) is 55.1 Å². The number of hydrogen-bond donors (Lipinski definition) is 1. The molecule has 0 aliphatic heterocycles. The van der Waals surface area contributed by atoms with Crippen LogP contribution in [0.1, 0.15) is 24.5 Å². The normalized spacial score (nSPS) is 14.7. The third kappa shape index (κ3) is 1.91. The molecule has 1 aliphatic carbocycles. The Kier molecular flexibility index (Phi) is 2.45. The monoisotopic (exact) mass is 265 g/mol. The van der Waals surface area contributed by atoms with Crippen molar-refractivity contribution in [2.75, 3.05) is 12.4 Å². The van der Waals surface area contributed by atoms with Gasteiger partial charge >= 0.3 is 0 Å². The van der Waals surface area contributed by atoms with Crippen molar-refractivity contribution in [1.82, 2.24) is 19.4 Å². The lowest BCUT2D eigenvalue weighted by Gasteiger charge is -2.05. The molecule has 3 aromatic heterocycles. The Hall–Kier alpha value is -2.43. The van der Waals surface area contributed by atoms with Crippen LogP contribution in [0.3, 0.4) is 0 Å². The molecular weight excluding hydrogens is 250 g/mol. The number of nitrogens with zero attached hydrogens (tertiary/aromatic N) is 4. The van der Waals surface area contributed by atoms with Crippen molar-refractivity contribution in [2.24, 2.45) is 0 Å². The molecule has 0 unspecified atom stereocenters. The second-order valence-corrected chi connectivity index (χ2v) is 5.12. The lowest BCUT2D eigenvalue weighted by Crippen LogP contribution is -2.00. The summed E-state index contributed by atoms with van der Waals surface area (Å²) in [4.78, 5) is 13.8. The van der Waals surface area contributed by atoms with Crippen LogP contribution in [-0.2, 0) is 0 Å². The van der Waals surface area contributed by atoms with Crippen LogP contribution in [0, 0.1) is 0 Å². The minimum atomic E-state index is 0.598. The Labute approximate surface area is 116 Å². The van der Waals surface area contributed by atoms with Crippen molar-refractivity contribution in [2.45, 2.75) is 18.8 Å². The van der Waals surface area contributed by atoms with Gasteiger partial charge < -0.3 is 9.72 Å². The number of hydrogen-bond acceptors (Lipinski definition) is 4. The molecule has 3 aromatic rings. The van der Waals surface area contributed by atoms with Crippen LogP contribution in [0.5, 0.6) is 0 Å². The first-order valence-electron chi connectivity index (χ1n) is 6.84. The van der Waals surface area contributed by atoms with Crippen molar-refractivity contribution in [3.63, 3.8) is 0 Å². The third-order valence-electron chi connectivity index (χ3n) is 3.59. The first kappa shape index (κ1) is 11.4. The fourth-order valence-electron chi connectivity index (χ4n) is 2.34. The Morgan fingerprint density at radius 1 is 1.20 bits per heavy atom. The number of fused-ring (bicyclic) bond motifs is 1.